The van der Waals surface area contributed by atoms with Gasteiger partial charge in [0.2, 0.25) is 5.91 Å². The number of nitrogens with one attached hydrogen (secondary N) is 1. The van der Waals surface area contributed by atoms with Crippen LogP contribution in [0.5, 0.6) is 0 Å². The van der Waals surface area contributed by atoms with Crippen LogP contribution in [0.4, 0.5) is 0 Å². The van der Waals surface area contributed by atoms with Crippen molar-refractivity contribution in [3.05, 3.63) is 54.1 Å². The van der Waals surface area contributed by atoms with E-state index in [4.69, 9.17) is 9.97 Å². The van der Waals surface area contributed by atoms with E-state index >= 15 is 0 Å². The van der Waals surface area contributed by atoms with Crippen molar-refractivity contribution in [2.45, 2.75) is 62.3 Å². The molecule has 5 heteroatoms. The summed E-state index contributed by atoms with van der Waals surface area (Å²) in [4.78, 5) is 22.4. The smallest absolute Gasteiger partial charge is 0.233 e. The maximum Gasteiger partial charge on any atom is 0.233 e. The fraction of sp³-hybridized carbons (Fsp3) is 0.375. The number of thioether (sulfide) groups is 1. The van der Waals surface area contributed by atoms with Crippen molar-refractivity contribution >= 4 is 28.6 Å². The van der Waals surface area contributed by atoms with Crippen LogP contribution in [0.15, 0.2) is 53.6 Å². The summed E-state index contributed by atoms with van der Waals surface area (Å²) in [5.41, 5.74) is 3.05. The van der Waals surface area contributed by atoms with Crippen LogP contribution in [-0.2, 0) is 4.79 Å². The number of nitrogens with zero attached hydrogens (tertiary/aromatic N) is 2. The molecule has 1 aromatic heterocycles. The third kappa shape index (κ3) is 4.78. The minimum absolute atomic E-state index is 0.0996. The van der Waals surface area contributed by atoms with E-state index in [0.717, 1.165) is 39.9 Å². The molecule has 4 rings (SSSR count). The van der Waals surface area contributed by atoms with E-state index in [-0.39, 0.29) is 11.2 Å². The molecule has 1 N–H and O–H groups in total. The van der Waals surface area contributed by atoms with Crippen molar-refractivity contribution in [1.82, 2.24) is 15.3 Å². The SMILES string of the molecule is Cc1ccc2nc(-c3ccccc3)nc(S[C@@H](C)C(=O)NC3CCCCC3)c2c1. The molecule has 0 saturated heterocycles. The topological polar surface area (TPSA) is 54.9 Å². The molecular weight excluding hydrogens is 378 g/mol. The number of fused-ring (bicyclic) bond motifs is 1. The molecule has 0 radical (unpaired) electrons. The highest BCUT2D eigenvalue weighted by Crippen LogP contribution is 2.32. The van der Waals surface area contributed by atoms with Gasteiger partial charge in [-0.1, -0.05) is 73.0 Å². The molecule has 3 aromatic rings. The van der Waals surface area contributed by atoms with Gasteiger partial charge in [0.25, 0.3) is 0 Å². The van der Waals surface area contributed by atoms with Crippen LogP contribution >= 0.6 is 11.8 Å². The van der Waals surface area contributed by atoms with Crippen molar-refractivity contribution < 1.29 is 4.79 Å². The van der Waals surface area contributed by atoms with Gasteiger partial charge in [-0.25, -0.2) is 9.97 Å². The molecule has 2 aromatic carbocycles. The normalized spacial score (nSPS) is 15.9. The van der Waals surface area contributed by atoms with Crippen LogP contribution in [0.1, 0.15) is 44.6 Å². The van der Waals surface area contributed by atoms with Crippen LogP contribution in [0.2, 0.25) is 0 Å². The molecule has 0 spiro atoms. The Morgan fingerprint density at radius 3 is 2.59 bits per heavy atom. The fourth-order valence-electron chi connectivity index (χ4n) is 3.81. The molecule has 1 atom stereocenters. The van der Waals surface area contributed by atoms with Gasteiger partial charge in [-0.3, -0.25) is 4.79 Å². The summed E-state index contributed by atoms with van der Waals surface area (Å²) in [6, 6.07) is 16.5. The predicted octanol–water partition coefficient (Wildman–Crippen LogP) is 5.53. The third-order valence-corrected chi connectivity index (χ3v) is 6.56. The van der Waals surface area contributed by atoms with E-state index in [1.165, 1.54) is 31.0 Å². The molecule has 1 amide bonds. The summed E-state index contributed by atoms with van der Waals surface area (Å²) in [7, 11) is 0. The Balaban J connectivity index is 1.62. The Labute approximate surface area is 176 Å². The molecule has 1 saturated carbocycles. The zero-order valence-electron chi connectivity index (χ0n) is 17.0. The molecule has 1 fully saturated rings. The van der Waals surface area contributed by atoms with Crippen molar-refractivity contribution in [3.63, 3.8) is 0 Å². The van der Waals surface area contributed by atoms with E-state index < -0.39 is 0 Å². The lowest BCUT2D eigenvalue weighted by atomic mass is 9.95. The average molecular weight is 406 g/mol. The molecule has 4 nitrogen and oxygen atoms in total. The van der Waals surface area contributed by atoms with Crippen LogP contribution < -0.4 is 5.32 Å². The first kappa shape index (κ1) is 19.9. The van der Waals surface area contributed by atoms with E-state index in [2.05, 4.69) is 24.4 Å². The number of carbonyl (C=O) groups is 1. The standard InChI is InChI=1S/C24H27N3OS/c1-16-13-14-21-20(15-16)24(27-22(26-21)18-9-5-3-6-10-18)29-17(2)23(28)25-19-11-7-4-8-12-19/h3,5-6,9-10,13-15,17,19H,4,7-8,11-12H2,1-2H3,(H,25,28)/t17-/m0/s1. The zero-order valence-corrected chi connectivity index (χ0v) is 17.8. The summed E-state index contributed by atoms with van der Waals surface area (Å²) in [6.07, 6.45) is 5.89. The number of hydrogen-bond acceptors (Lipinski definition) is 4. The first-order chi connectivity index (χ1) is 14.1. The molecule has 0 bridgehead atoms. The maximum absolute atomic E-state index is 12.8. The Bertz CT molecular complexity index is 1000. The lowest BCUT2D eigenvalue weighted by Crippen LogP contribution is -2.40. The molecule has 1 heterocycles. The summed E-state index contributed by atoms with van der Waals surface area (Å²) >= 11 is 1.52. The quantitative estimate of drug-likeness (QED) is 0.448. The maximum atomic E-state index is 12.8. The summed E-state index contributed by atoms with van der Waals surface area (Å²) < 4.78 is 0. The minimum Gasteiger partial charge on any atom is -0.352 e. The Hall–Kier alpha value is -2.40. The van der Waals surface area contributed by atoms with Gasteiger partial charge in [0.05, 0.1) is 10.8 Å². The van der Waals surface area contributed by atoms with Crippen molar-refractivity contribution in [3.8, 4) is 11.4 Å². The Morgan fingerprint density at radius 2 is 1.83 bits per heavy atom. The van der Waals surface area contributed by atoms with Gasteiger partial charge in [0.15, 0.2) is 5.82 Å². The van der Waals surface area contributed by atoms with Crippen molar-refractivity contribution in [2.75, 3.05) is 0 Å². The van der Waals surface area contributed by atoms with Crippen LogP contribution in [-0.4, -0.2) is 27.2 Å². The lowest BCUT2D eigenvalue weighted by molar-refractivity contribution is -0.121. The minimum atomic E-state index is -0.209. The molecule has 0 unspecified atom stereocenters. The number of hydrogen-bond donors (Lipinski definition) is 1. The second kappa shape index (κ2) is 8.95. The van der Waals surface area contributed by atoms with E-state index in [1.54, 1.807) is 0 Å². The first-order valence-electron chi connectivity index (χ1n) is 10.4. The largest absolute Gasteiger partial charge is 0.352 e. The summed E-state index contributed by atoms with van der Waals surface area (Å²) in [6.45, 7) is 4.03. The summed E-state index contributed by atoms with van der Waals surface area (Å²) in [5.74, 6) is 0.798. The molecule has 1 aliphatic carbocycles. The molecule has 0 aliphatic heterocycles. The van der Waals surface area contributed by atoms with E-state index in [9.17, 15) is 4.79 Å². The molecule has 150 valence electrons. The Morgan fingerprint density at radius 1 is 1.07 bits per heavy atom. The van der Waals surface area contributed by atoms with Gasteiger partial charge in [0, 0.05) is 17.0 Å². The second-order valence-electron chi connectivity index (χ2n) is 7.84. The third-order valence-electron chi connectivity index (χ3n) is 5.46. The van der Waals surface area contributed by atoms with E-state index in [1.807, 2.05) is 43.3 Å². The van der Waals surface area contributed by atoms with Gasteiger partial charge in [-0.05, 0) is 38.8 Å². The van der Waals surface area contributed by atoms with Gasteiger partial charge in [-0.15, -0.1) is 0 Å². The van der Waals surface area contributed by atoms with Crippen LogP contribution in [0.3, 0.4) is 0 Å². The zero-order chi connectivity index (χ0) is 20.2. The number of aromatic nitrogens is 2. The fourth-order valence-corrected chi connectivity index (χ4v) is 4.75. The van der Waals surface area contributed by atoms with Crippen molar-refractivity contribution in [1.29, 1.82) is 0 Å². The number of benzene rings is 2. The van der Waals surface area contributed by atoms with Gasteiger partial charge >= 0.3 is 0 Å². The number of amides is 1. The average Bonchev–Trinajstić information content (AvgIpc) is 2.75. The summed E-state index contributed by atoms with van der Waals surface area (Å²) in [5, 5.41) is 4.90. The highest BCUT2D eigenvalue weighted by atomic mass is 32.2. The van der Waals surface area contributed by atoms with Crippen LogP contribution in [0, 0.1) is 6.92 Å². The molecule has 29 heavy (non-hydrogen) atoms. The van der Waals surface area contributed by atoms with Gasteiger partial charge < -0.3 is 5.32 Å². The first-order valence-corrected chi connectivity index (χ1v) is 11.3. The number of carbonyl (C=O) groups excluding carboxylic acids is 1. The molecular formula is C24H27N3OS. The molecule has 1 aliphatic rings. The monoisotopic (exact) mass is 405 g/mol. The highest BCUT2D eigenvalue weighted by molar-refractivity contribution is 8.00. The second-order valence-corrected chi connectivity index (χ2v) is 9.17. The van der Waals surface area contributed by atoms with Crippen molar-refractivity contribution in [2.24, 2.45) is 0 Å². The number of aryl methyl sites for hydroxylation is 1. The van der Waals surface area contributed by atoms with Gasteiger partial charge in [-0.2, -0.15) is 0 Å². The van der Waals surface area contributed by atoms with Crippen LogP contribution in [0.25, 0.3) is 22.3 Å². The van der Waals surface area contributed by atoms with E-state index in [0.29, 0.717) is 11.9 Å². The van der Waals surface area contributed by atoms with Gasteiger partial charge in [0.1, 0.15) is 5.03 Å². The Kier molecular flexibility index (Phi) is 6.14. The number of rotatable bonds is 5. The highest BCUT2D eigenvalue weighted by Gasteiger charge is 2.22. The predicted molar refractivity (Wildman–Crippen MR) is 120 cm³/mol. The lowest BCUT2D eigenvalue weighted by Gasteiger charge is -2.24.